The Labute approximate surface area is 102 Å². The van der Waals surface area contributed by atoms with Crippen molar-refractivity contribution in [1.82, 2.24) is 5.32 Å². The lowest BCUT2D eigenvalue weighted by atomic mass is 10.0. The fourth-order valence-electron chi connectivity index (χ4n) is 2.23. The number of amides is 2. The molecule has 1 aromatic carbocycles. The molecule has 1 unspecified atom stereocenters. The predicted molar refractivity (Wildman–Crippen MR) is 69.2 cm³/mol. The molecule has 0 aliphatic carbocycles. The van der Waals surface area contributed by atoms with Gasteiger partial charge in [0.25, 0.3) is 0 Å². The molecule has 0 bridgehead atoms. The first-order chi connectivity index (χ1) is 8.16. The average Bonchev–Trinajstić information content (AvgIpc) is 2.81. The molecule has 1 fully saturated rings. The Morgan fingerprint density at radius 2 is 2.41 bits per heavy atom. The molecule has 1 aromatic rings. The summed E-state index contributed by atoms with van der Waals surface area (Å²) in [6, 6.07) is 8.14. The number of rotatable bonds is 3. The summed E-state index contributed by atoms with van der Waals surface area (Å²) >= 11 is 0. The van der Waals surface area contributed by atoms with Crippen LogP contribution in [0.25, 0.3) is 0 Å². The molecule has 0 saturated carbocycles. The van der Waals surface area contributed by atoms with Crippen LogP contribution in [-0.2, 0) is 6.42 Å². The summed E-state index contributed by atoms with van der Waals surface area (Å²) in [5, 5.41) is 3.47. The van der Waals surface area contributed by atoms with Crippen LogP contribution < -0.4 is 16.0 Å². The first-order valence-electron chi connectivity index (χ1n) is 6.02. The van der Waals surface area contributed by atoms with Crippen molar-refractivity contribution in [1.29, 1.82) is 0 Å². The van der Waals surface area contributed by atoms with E-state index in [1.54, 1.807) is 7.05 Å². The van der Waals surface area contributed by atoms with Gasteiger partial charge in [0.05, 0.1) is 0 Å². The number of carbonyl (C=O) groups is 1. The van der Waals surface area contributed by atoms with E-state index >= 15 is 0 Å². The van der Waals surface area contributed by atoms with Crippen molar-refractivity contribution < 1.29 is 4.79 Å². The smallest absolute Gasteiger partial charge is 0.318 e. The van der Waals surface area contributed by atoms with E-state index < -0.39 is 6.03 Å². The fraction of sp³-hybridized carbons (Fsp3) is 0.462. The molecule has 1 aliphatic rings. The summed E-state index contributed by atoms with van der Waals surface area (Å²) in [5.41, 5.74) is 7.36. The molecule has 3 N–H and O–H groups in total. The quantitative estimate of drug-likeness (QED) is 0.831. The summed E-state index contributed by atoms with van der Waals surface area (Å²) in [7, 11) is 1.69. The van der Waals surface area contributed by atoms with Crippen molar-refractivity contribution >= 4 is 11.7 Å². The van der Waals surface area contributed by atoms with Gasteiger partial charge in [-0.1, -0.05) is 12.1 Å². The van der Waals surface area contributed by atoms with Crippen molar-refractivity contribution in [2.75, 3.05) is 18.5 Å². The molecule has 4 heteroatoms. The van der Waals surface area contributed by atoms with Crippen LogP contribution >= 0.6 is 0 Å². The third-order valence-corrected chi connectivity index (χ3v) is 3.27. The minimum Gasteiger partial charge on any atom is -0.351 e. The minimum atomic E-state index is -0.429. The number of nitrogens with one attached hydrogen (secondary N) is 1. The van der Waals surface area contributed by atoms with Crippen LogP contribution in [0.2, 0.25) is 0 Å². The maximum atomic E-state index is 11.1. The molecular formula is C13H19N3O. The van der Waals surface area contributed by atoms with E-state index in [1.165, 1.54) is 23.3 Å². The number of hydrogen-bond acceptors (Lipinski definition) is 2. The Morgan fingerprint density at radius 3 is 3.06 bits per heavy atom. The summed E-state index contributed by atoms with van der Waals surface area (Å²) in [5.74, 6) is 0. The second-order valence-electron chi connectivity index (χ2n) is 4.56. The first-order valence-corrected chi connectivity index (χ1v) is 6.02. The molecule has 1 atom stereocenters. The normalized spacial score (nSPS) is 19.2. The Kier molecular flexibility index (Phi) is 3.64. The van der Waals surface area contributed by atoms with Gasteiger partial charge in [-0.05, 0) is 43.5 Å². The van der Waals surface area contributed by atoms with Crippen LogP contribution in [0.1, 0.15) is 18.4 Å². The predicted octanol–water partition coefficient (Wildman–Crippen LogP) is 1.50. The van der Waals surface area contributed by atoms with Crippen molar-refractivity contribution in [3.8, 4) is 0 Å². The van der Waals surface area contributed by atoms with Crippen LogP contribution in [0.15, 0.2) is 24.3 Å². The second kappa shape index (κ2) is 5.19. The molecule has 0 spiro atoms. The van der Waals surface area contributed by atoms with Gasteiger partial charge in [0, 0.05) is 18.8 Å². The van der Waals surface area contributed by atoms with Crippen LogP contribution in [0.4, 0.5) is 10.5 Å². The molecular weight excluding hydrogens is 214 g/mol. The maximum absolute atomic E-state index is 11.1. The summed E-state index contributed by atoms with van der Waals surface area (Å²) in [4.78, 5) is 12.6. The number of nitrogens with zero attached hydrogens (tertiary/aromatic N) is 1. The molecule has 1 heterocycles. The third-order valence-electron chi connectivity index (χ3n) is 3.27. The number of nitrogens with two attached hydrogens (primary N) is 1. The monoisotopic (exact) mass is 233 g/mol. The maximum Gasteiger partial charge on any atom is 0.318 e. The molecule has 0 radical (unpaired) electrons. The molecule has 17 heavy (non-hydrogen) atoms. The van der Waals surface area contributed by atoms with Crippen molar-refractivity contribution in [3.05, 3.63) is 29.8 Å². The van der Waals surface area contributed by atoms with Gasteiger partial charge in [0.15, 0.2) is 0 Å². The highest BCUT2D eigenvalue weighted by atomic mass is 16.2. The van der Waals surface area contributed by atoms with Gasteiger partial charge in [-0.25, -0.2) is 4.79 Å². The van der Waals surface area contributed by atoms with Gasteiger partial charge < -0.3 is 11.1 Å². The standard InChI is InChI=1S/C13H19N3O/c1-16(13(14)17)12-6-2-4-10(9-12)8-11-5-3-7-15-11/h2,4,6,9,11,15H,3,5,7-8H2,1H3,(H2,14,17). The Bertz CT molecular complexity index is 399. The Morgan fingerprint density at radius 1 is 1.59 bits per heavy atom. The van der Waals surface area contributed by atoms with Gasteiger partial charge >= 0.3 is 6.03 Å². The lowest BCUT2D eigenvalue weighted by Crippen LogP contribution is -2.31. The van der Waals surface area contributed by atoms with Crippen LogP contribution in [0, 0.1) is 0 Å². The summed E-state index contributed by atoms with van der Waals surface area (Å²) < 4.78 is 0. The van der Waals surface area contributed by atoms with Gasteiger partial charge in [-0.3, -0.25) is 4.90 Å². The summed E-state index contributed by atoms with van der Waals surface area (Å²) in [6.45, 7) is 1.12. The Hall–Kier alpha value is -1.55. The molecule has 2 amide bonds. The van der Waals surface area contributed by atoms with E-state index in [1.807, 2.05) is 18.2 Å². The van der Waals surface area contributed by atoms with Crippen LogP contribution in [0.5, 0.6) is 0 Å². The van der Waals surface area contributed by atoms with E-state index in [2.05, 4.69) is 11.4 Å². The molecule has 0 aromatic heterocycles. The average molecular weight is 233 g/mol. The largest absolute Gasteiger partial charge is 0.351 e. The molecule has 1 aliphatic heterocycles. The van der Waals surface area contributed by atoms with E-state index in [0.29, 0.717) is 6.04 Å². The molecule has 4 nitrogen and oxygen atoms in total. The highest BCUT2D eigenvalue weighted by Crippen LogP contribution is 2.18. The summed E-state index contributed by atoms with van der Waals surface area (Å²) in [6.07, 6.45) is 3.50. The zero-order valence-electron chi connectivity index (χ0n) is 10.1. The van der Waals surface area contributed by atoms with Crippen molar-refractivity contribution in [3.63, 3.8) is 0 Å². The zero-order valence-corrected chi connectivity index (χ0v) is 10.1. The van der Waals surface area contributed by atoms with E-state index in [4.69, 9.17) is 5.73 Å². The molecule has 1 saturated heterocycles. The number of benzene rings is 1. The number of urea groups is 1. The van der Waals surface area contributed by atoms with Crippen LogP contribution in [-0.4, -0.2) is 25.7 Å². The van der Waals surface area contributed by atoms with E-state index in [0.717, 1.165) is 18.7 Å². The second-order valence-corrected chi connectivity index (χ2v) is 4.56. The minimum absolute atomic E-state index is 0.429. The highest BCUT2D eigenvalue weighted by molar-refractivity contribution is 5.90. The first kappa shape index (κ1) is 11.9. The van der Waals surface area contributed by atoms with Crippen LogP contribution in [0.3, 0.4) is 0 Å². The van der Waals surface area contributed by atoms with Gasteiger partial charge in [-0.2, -0.15) is 0 Å². The van der Waals surface area contributed by atoms with E-state index in [9.17, 15) is 4.79 Å². The zero-order chi connectivity index (χ0) is 12.3. The number of anilines is 1. The fourth-order valence-corrected chi connectivity index (χ4v) is 2.23. The van der Waals surface area contributed by atoms with E-state index in [-0.39, 0.29) is 0 Å². The molecule has 2 rings (SSSR count). The molecule has 92 valence electrons. The highest BCUT2D eigenvalue weighted by Gasteiger charge is 2.15. The lowest BCUT2D eigenvalue weighted by molar-refractivity contribution is 0.255. The Balaban J connectivity index is 2.07. The van der Waals surface area contributed by atoms with Gasteiger partial charge in [0.2, 0.25) is 0 Å². The van der Waals surface area contributed by atoms with Gasteiger partial charge in [0.1, 0.15) is 0 Å². The topological polar surface area (TPSA) is 58.4 Å². The lowest BCUT2D eigenvalue weighted by Gasteiger charge is -2.16. The van der Waals surface area contributed by atoms with Crippen molar-refractivity contribution in [2.24, 2.45) is 5.73 Å². The SMILES string of the molecule is CN(C(N)=O)c1cccc(CC2CCCN2)c1. The van der Waals surface area contributed by atoms with Crippen molar-refractivity contribution in [2.45, 2.75) is 25.3 Å². The number of primary amides is 1. The third kappa shape index (κ3) is 2.97. The van der Waals surface area contributed by atoms with Gasteiger partial charge in [-0.15, -0.1) is 0 Å². The number of carbonyl (C=O) groups excluding carboxylic acids is 1. The number of hydrogen-bond donors (Lipinski definition) is 2.